The van der Waals surface area contributed by atoms with Gasteiger partial charge in [-0.05, 0) is 58.1 Å². The van der Waals surface area contributed by atoms with Crippen molar-refractivity contribution in [3.05, 3.63) is 46.3 Å². The van der Waals surface area contributed by atoms with Gasteiger partial charge in [0.25, 0.3) is 11.8 Å². The Morgan fingerprint density at radius 1 is 1.23 bits per heavy atom. The van der Waals surface area contributed by atoms with Crippen molar-refractivity contribution in [2.45, 2.75) is 70.4 Å². The average molecular weight is 500 g/mol. The van der Waals surface area contributed by atoms with E-state index in [9.17, 15) is 37.4 Å². The molecule has 35 heavy (non-hydrogen) atoms. The van der Waals surface area contributed by atoms with Crippen LogP contribution in [0.4, 0.5) is 23.2 Å². The summed E-state index contributed by atoms with van der Waals surface area (Å²) < 4.78 is 53.9. The molecule has 0 aromatic carbocycles. The molecule has 8 nitrogen and oxygen atoms in total. The third kappa shape index (κ3) is 5.18. The van der Waals surface area contributed by atoms with E-state index in [1.807, 2.05) is 0 Å². The largest absolute Gasteiger partial charge is 0.417 e. The van der Waals surface area contributed by atoms with E-state index in [1.54, 1.807) is 20.9 Å². The second-order valence-electron chi connectivity index (χ2n) is 9.03. The Bertz CT molecular complexity index is 1140. The van der Waals surface area contributed by atoms with Crippen LogP contribution in [-0.2, 0) is 11.8 Å². The van der Waals surface area contributed by atoms with Crippen LogP contribution in [0, 0.1) is 26.7 Å². The van der Waals surface area contributed by atoms with Gasteiger partial charge in [-0.15, -0.1) is 0 Å². The number of rotatable bonds is 5. The number of amides is 2. The van der Waals surface area contributed by atoms with E-state index in [4.69, 9.17) is 0 Å². The number of hydrogen-bond donors (Lipinski definition) is 4. The lowest BCUT2D eigenvalue weighted by atomic mass is 9.81. The van der Waals surface area contributed by atoms with Crippen LogP contribution in [0.2, 0.25) is 0 Å². The first-order valence-electron chi connectivity index (χ1n) is 11.0. The van der Waals surface area contributed by atoms with E-state index in [0.717, 1.165) is 0 Å². The minimum atomic E-state index is -4.75. The standard InChI is InChI=1S/C23H28F4N4O4/c1-11-9-15(10-28-19(11)24)30-20(33)16-12(2)17(31(4)13(16)3)18(32)21(34)29-14-5-7-22(35,8-6-14)23(25,26)27/h9-10,14,18,32,35H,5-8H2,1-4H3,(H,29,34)(H,30,33). The van der Waals surface area contributed by atoms with Gasteiger partial charge in [0.05, 0.1) is 23.1 Å². The molecular weight excluding hydrogens is 472 g/mol. The molecule has 1 unspecified atom stereocenters. The SMILES string of the molecule is Cc1cc(NC(=O)c2c(C)c(C(O)C(=O)NC3CCC(O)(C(F)(F)F)CC3)n(C)c2C)cnc1F. The van der Waals surface area contributed by atoms with Gasteiger partial charge in [-0.3, -0.25) is 9.59 Å². The van der Waals surface area contributed by atoms with E-state index < -0.39 is 54.5 Å². The van der Waals surface area contributed by atoms with Crippen LogP contribution in [0.1, 0.15) is 64.7 Å². The molecule has 1 atom stereocenters. The Hall–Kier alpha value is -2.99. The zero-order chi connectivity index (χ0) is 26.3. The maximum absolute atomic E-state index is 13.4. The molecule has 0 radical (unpaired) electrons. The summed E-state index contributed by atoms with van der Waals surface area (Å²) >= 11 is 0. The molecule has 0 aliphatic heterocycles. The highest BCUT2D eigenvalue weighted by Gasteiger charge is 2.54. The normalized spacial score (nSPS) is 21.5. The molecule has 2 amide bonds. The van der Waals surface area contributed by atoms with Crippen molar-refractivity contribution < 1.29 is 37.4 Å². The molecular formula is C23H28F4N4O4. The number of nitrogens with zero attached hydrogens (tertiary/aromatic N) is 2. The van der Waals surface area contributed by atoms with Crippen LogP contribution < -0.4 is 10.6 Å². The van der Waals surface area contributed by atoms with Gasteiger partial charge in [0.1, 0.15) is 0 Å². The summed E-state index contributed by atoms with van der Waals surface area (Å²) in [5.41, 5.74) is -1.10. The zero-order valence-electron chi connectivity index (χ0n) is 19.8. The molecule has 3 rings (SSSR count). The number of aryl methyl sites for hydroxylation is 1. The Kier molecular flexibility index (Phi) is 7.28. The minimum absolute atomic E-state index is 0.0988. The van der Waals surface area contributed by atoms with Gasteiger partial charge < -0.3 is 25.4 Å². The number of aliphatic hydroxyl groups excluding tert-OH is 1. The number of nitrogens with one attached hydrogen (secondary N) is 2. The predicted molar refractivity (Wildman–Crippen MR) is 118 cm³/mol. The van der Waals surface area contributed by atoms with Crippen molar-refractivity contribution >= 4 is 17.5 Å². The lowest BCUT2D eigenvalue weighted by molar-refractivity contribution is -0.270. The Morgan fingerprint density at radius 2 is 1.83 bits per heavy atom. The number of carbonyl (C=O) groups is 2. The van der Waals surface area contributed by atoms with Crippen LogP contribution >= 0.6 is 0 Å². The predicted octanol–water partition coefficient (Wildman–Crippen LogP) is 3.12. The summed E-state index contributed by atoms with van der Waals surface area (Å²) in [6, 6.07) is 0.777. The molecule has 1 aliphatic rings. The van der Waals surface area contributed by atoms with Crippen molar-refractivity contribution in [1.82, 2.24) is 14.9 Å². The Morgan fingerprint density at radius 3 is 2.37 bits per heavy atom. The van der Waals surface area contributed by atoms with Gasteiger partial charge in [-0.1, -0.05) is 0 Å². The minimum Gasteiger partial charge on any atom is -0.380 e. The molecule has 0 bridgehead atoms. The highest BCUT2D eigenvalue weighted by atomic mass is 19.4. The second kappa shape index (κ2) is 9.57. The molecule has 192 valence electrons. The third-order valence-corrected chi connectivity index (χ3v) is 6.68. The quantitative estimate of drug-likeness (QED) is 0.372. The van der Waals surface area contributed by atoms with E-state index in [1.165, 1.54) is 23.8 Å². The number of anilines is 1. The van der Waals surface area contributed by atoms with E-state index in [0.29, 0.717) is 11.3 Å². The van der Waals surface area contributed by atoms with Crippen LogP contribution in [0.15, 0.2) is 12.3 Å². The number of pyridine rings is 1. The third-order valence-electron chi connectivity index (χ3n) is 6.68. The zero-order valence-corrected chi connectivity index (χ0v) is 19.8. The average Bonchev–Trinajstić information content (AvgIpc) is 2.99. The molecule has 0 saturated heterocycles. The number of alkyl halides is 3. The van der Waals surface area contributed by atoms with Gasteiger partial charge in [0.2, 0.25) is 5.95 Å². The summed E-state index contributed by atoms with van der Waals surface area (Å²) in [7, 11) is 1.57. The van der Waals surface area contributed by atoms with Gasteiger partial charge in [0, 0.05) is 24.3 Å². The Balaban J connectivity index is 1.74. The maximum Gasteiger partial charge on any atom is 0.417 e. The van der Waals surface area contributed by atoms with Gasteiger partial charge in [-0.2, -0.15) is 17.6 Å². The summed E-state index contributed by atoms with van der Waals surface area (Å²) in [6.45, 7) is 4.69. The fourth-order valence-corrected chi connectivity index (χ4v) is 4.47. The number of aliphatic hydroxyl groups is 2. The van der Waals surface area contributed by atoms with Crippen LogP contribution in [-0.4, -0.2) is 49.4 Å². The van der Waals surface area contributed by atoms with Gasteiger partial charge >= 0.3 is 6.18 Å². The topological polar surface area (TPSA) is 116 Å². The van der Waals surface area contributed by atoms with E-state index in [-0.39, 0.29) is 35.3 Å². The number of carbonyl (C=O) groups excluding carboxylic acids is 2. The monoisotopic (exact) mass is 500 g/mol. The summed E-state index contributed by atoms with van der Waals surface area (Å²) in [5, 5.41) is 25.7. The molecule has 0 spiro atoms. The molecule has 2 aromatic rings. The number of halogens is 4. The first-order valence-corrected chi connectivity index (χ1v) is 11.0. The van der Waals surface area contributed by atoms with Crippen molar-refractivity contribution in [1.29, 1.82) is 0 Å². The molecule has 1 aliphatic carbocycles. The maximum atomic E-state index is 13.4. The van der Waals surface area contributed by atoms with Crippen LogP contribution in [0.3, 0.4) is 0 Å². The molecule has 12 heteroatoms. The van der Waals surface area contributed by atoms with Crippen molar-refractivity contribution in [2.75, 3.05) is 5.32 Å². The van der Waals surface area contributed by atoms with Gasteiger partial charge in [0.15, 0.2) is 11.7 Å². The molecule has 1 saturated carbocycles. The van der Waals surface area contributed by atoms with E-state index >= 15 is 0 Å². The fraction of sp³-hybridized carbons (Fsp3) is 0.522. The number of aromatic nitrogens is 2. The Labute approximate surface area is 199 Å². The van der Waals surface area contributed by atoms with Gasteiger partial charge in [-0.25, -0.2) is 4.98 Å². The van der Waals surface area contributed by atoms with Crippen LogP contribution in [0.5, 0.6) is 0 Å². The van der Waals surface area contributed by atoms with Crippen LogP contribution in [0.25, 0.3) is 0 Å². The highest BCUT2D eigenvalue weighted by molar-refractivity contribution is 6.06. The smallest absolute Gasteiger partial charge is 0.380 e. The molecule has 2 aromatic heterocycles. The second-order valence-corrected chi connectivity index (χ2v) is 9.03. The van der Waals surface area contributed by atoms with E-state index in [2.05, 4.69) is 15.6 Å². The lowest BCUT2D eigenvalue weighted by Gasteiger charge is -2.37. The summed E-state index contributed by atoms with van der Waals surface area (Å²) in [6.07, 6.45) is -6.57. The van der Waals surface area contributed by atoms with Crippen molar-refractivity contribution in [3.63, 3.8) is 0 Å². The fourth-order valence-electron chi connectivity index (χ4n) is 4.47. The molecule has 4 N–H and O–H groups in total. The summed E-state index contributed by atoms with van der Waals surface area (Å²) in [4.78, 5) is 29.2. The first-order chi connectivity index (χ1) is 16.2. The first kappa shape index (κ1) is 26.6. The lowest BCUT2D eigenvalue weighted by Crippen LogP contribution is -2.51. The molecule has 2 heterocycles. The van der Waals surface area contributed by atoms with Crippen molar-refractivity contribution in [2.24, 2.45) is 7.05 Å². The molecule has 1 fully saturated rings. The highest BCUT2D eigenvalue weighted by Crippen LogP contribution is 2.41. The van der Waals surface area contributed by atoms with Crippen molar-refractivity contribution in [3.8, 4) is 0 Å². The number of hydrogen-bond acceptors (Lipinski definition) is 5. The summed E-state index contributed by atoms with van der Waals surface area (Å²) in [5.74, 6) is -2.02.